The molecule has 0 amide bonds. The van der Waals surface area contributed by atoms with Crippen molar-refractivity contribution in [2.45, 2.75) is 6.17 Å². The number of nitrogens with zero attached hydrogens (tertiary/aromatic N) is 6. The van der Waals surface area contributed by atoms with E-state index in [0.717, 1.165) is 5.76 Å². The zero-order valence-electron chi connectivity index (χ0n) is 13.6. The summed E-state index contributed by atoms with van der Waals surface area (Å²) in [5.74, 6) is 1.46. The van der Waals surface area contributed by atoms with E-state index in [1.54, 1.807) is 20.3 Å². The van der Waals surface area contributed by atoms with Crippen molar-refractivity contribution in [3.63, 3.8) is 0 Å². The summed E-state index contributed by atoms with van der Waals surface area (Å²) in [6, 6.07) is 3.62. The SMILES string of the molecule is COC1=CC(N=N/C=N/N=c2\cc(OC)ccn2C)N(C)C=C1. The van der Waals surface area contributed by atoms with Crippen molar-refractivity contribution < 1.29 is 9.47 Å². The van der Waals surface area contributed by atoms with Crippen LogP contribution in [0.4, 0.5) is 0 Å². The third kappa shape index (κ3) is 4.53. The number of allylic oxidation sites excluding steroid dienone is 1. The summed E-state index contributed by atoms with van der Waals surface area (Å²) in [5, 5.41) is 16.1. The van der Waals surface area contributed by atoms with Crippen LogP contribution in [0.15, 0.2) is 62.9 Å². The molecule has 2 rings (SSSR count). The number of hydrogen-bond acceptors (Lipinski definition) is 6. The van der Waals surface area contributed by atoms with Gasteiger partial charge in [0.2, 0.25) is 0 Å². The first-order chi connectivity index (χ1) is 11.1. The molecule has 1 aliphatic heterocycles. The Morgan fingerprint density at radius 2 is 2.04 bits per heavy atom. The highest BCUT2D eigenvalue weighted by molar-refractivity contribution is 5.53. The predicted molar refractivity (Wildman–Crippen MR) is 86.7 cm³/mol. The zero-order valence-corrected chi connectivity index (χ0v) is 13.6. The molecule has 1 atom stereocenters. The molecule has 0 saturated carbocycles. The molecule has 8 heteroatoms. The van der Waals surface area contributed by atoms with Crippen molar-refractivity contribution in [2.75, 3.05) is 21.3 Å². The Hall–Kier alpha value is -2.90. The van der Waals surface area contributed by atoms with E-state index in [0.29, 0.717) is 11.2 Å². The van der Waals surface area contributed by atoms with Crippen LogP contribution in [0.25, 0.3) is 0 Å². The van der Waals surface area contributed by atoms with E-state index < -0.39 is 0 Å². The molecule has 8 nitrogen and oxygen atoms in total. The molecule has 0 fully saturated rings. The summed E-state index contributed by atoms with van der Waals surface area (Å²) in [7, 11) is 6.99. The van der Waals surface area contributed by atoms with Gasteiger partial charge in [0.1, 0.15) is 11.5 Å². The van der Waals surface area contributed by atoms with Crippen LogP contribution < -0.4 is 10.2 Å². The monoisotopic (exact) mass is 316 g/mol. The Bertz CT molecular complexity index is 717. The normalized spacial score (nSPS) is 18.8. The summed E-state index contributed by atoms with van der Waals surface area (Å²) in [5.41, 5.74) is 0.648. The first kappa shape index (κ1) is 16.5. The third-order valence-electron chi connectivity index (χ3n) is 3.22. The van der Waals surface area contributed by atoms with Crippen LogP contribution >= 0.6 is 0 Å². The maximum absolute atomic E-state index is 5.17. The molecular weight excluding hydrogens is 296 g/mol. The van der Waals surface area contributed by atoms with Gasteiger partial charge in [0.25, 0.3) is 0 Å². The van der Waals surface area contributed by atoms with Crippen molar-refractivity contribution in [1.29, 1.82) is 0 Å². The lowest BCUT2D eigenvalue weighted by atomic mass is 10.3. The number of rotatable bonds is 5. The second-order valence-electron chi connectivity index (χ2n) is 4.77. The van der Waals surface area contributed by atoms with E-state index in [4.69, 9.17) is 9.47 Å². The average molecular weight is 316 g/mol. The number of azo groups is 1. The number of ether oxygens (including phenoxy) is 2. The lowest BCUT2D eigenvalue weighted by Gasteiger charge is -2.22. The van der Waals surface area contributed by atoms with E-state index in [-0.39, 0.29) is 6.17 Å². The largest absolute Gasteiger partial charge is 0.497 e. The summed E-state index contributed by atoms with van der Waals surface area (Å²) in [6.45, 7) is 0. The van der Waals surface area contributed by atoms with Crippen molar-refractivity contribution in [1.82, 2.24) is 9.47 Å². The molecule has 1 aromatic heterocycles. The van der Waals surface area contributed by atoms with Crippen LogP contribution in [-0.4, -0.2) is 43.2 Å². The first-order valence-electron chi connectivity index (χ1n) is 6.96. The van der Waals surface area contributed by atoms with Gasteiger partial charge < -0.3 is 18.9 Å². The van der Waals surface area contributed by atoms with Crippen LogP contribution in [0, 0.1) is 0 Å². The molecular formula is C15H20N6O2. The number of hydrogen-bond donors (Lipinski definition) is 0. The molecule has 0 N–H and O–H groups in total. The molecule has 1 unspecified atom stereocenters. The average Bonchev–Trinajstić information content (AvgIpc) is 2.57. The summed E-state index contributed by atoms with van der Waals surface area (Å²) < 4.78 is 12.1. The number of aromatic nitrogens is 1. The molecule has 23 heavy (non-hydrogen) atoms. The Labute approximate surface area is 134 Å². The fraction of sp³-hybridized carbons (Fsp3) is 0.333. The molecule has 0 radical (unpaired) electrons. The fourth-order valence-electron chi connectivity index (χ4n) is 1.82. The Morgan fingerprint density at radius 3 is 2.78 bits per heavy atom. The maximum Gasteiger partial charge on any atom is 0.164 e. The second kappa shape index (κ2) is 7.92. The molecule has 2 heterocycles. The van der Waals surface area contributed by atoms with Gasteiger partial charge in [-0.3, -0.25) is 0 Å². The number of pyridine rings is 1. The quantitative estimate of drug-likeness (QED) is 0.359. The van der Waals surface area contributed by atoms with E-state index >= 15 is 0 Å². The van der Waals surface area contributed by atoms with E-state index in [1.165, 1.54) is 6.34 Å². The molecule has 122 valence electrons. The fourth-order valence-corrected chi connectivity index (χ4v) is 1.82. The number of aryl methyl sites for hydroxylation is 1. The van der Waals surface area contributed by atoms with E-state index in [1.807, 2.05) is 54.2 Å². The minimum atomic E-state index is -0.227. The summed E-state index contributed by atoms with van der Waals surface area (Å²) in [4.78, 5) is 1.90. The van der Waals surface area contributed by atoms with Crippen LogP contribution in [0.1, 0.15) is 0 Å². The van der Waals surface area contributed by atoms with Crippen molar-refractivity contribution >= 4 is 6.34 Å². The van der Waals surface area contributed by atoms with Crippen LogP contribution in [0.3, 0.4) is 0 Å². The lowest BCUT2D eigenvalue weighted by Crippen LogP contribution is -2.25. The standard InChI is InChI=1S/C15H20N6O2/c1-20-7-5-12(22-3)9-14(20)18-16-11-17-19-15-10-13(23-4)6-8-21(15)2/h5-11,14H,1-4H3/b17-11+,18-16?,19-15+. The van der Waals surface area contributed by atoms with Gasteiger partial charge in [-0.1, -0.05) is 0 Å². The van der Waals surface area contributed by atoms with Gasteiger partial charge in [0.15, 0.2) is 18.0 Å². The molecule has 0 aliphatic carbocycles. The topological polar surface area (TPSA) is 76.1 Å². The lowest BCUT2D eigenvalue weighted by molar-refractivity contribution is 0.283. The molecule has 0 saturated heterocycles. The van der Waals surface area contributed by atoms with Gasteiger partial charge in [-0.15, -0.1) is 15.3 Å². The van der Waals surface area contributed by atoms with Crippen LogP contribution in [0.2, 0.25) is 0 Å². The number of likely N-dealkylation sites (N-methyl/N-ethyl adjacent to an activating group) is 1. The third-order valence-corrected chi connectivity index (χ3v) is 3.22. The highest BCUT2D eigenvalue weighted by atomic mass is 16.5. The van der Waals surface area contributed by atoms with Gasteiger partial charge in [-0.05, 0) is 12.1 Å². The number of methoxy groups -OCH3 is 2. The molecule has 0 aromatic carbocycles. The minimum Gasteiger partial charge on any atom is -0.497 e. The highest BCUT2D eigenvalue weighted by Crippen LogP contribution is 2.13. The maximum atomic E-state index is 5.17. The van der Waals surface area contributed by atoms with Gasteiger partial charge >= 0.3 is 0 Å². The summed E-state index contributed by atoms with van der Waals surface area (Å²) >= 11 is 0. The van der Waals surface area contributed by atoms with Crippen molar-refractivity contribution in [3.05, 3.63) is 47.9 Å². The summed E-state index contributed by atoms with van der Waals surface area (Å²) in [6.07, 6.45) is 8.50. The van der Waals surface area contributed by atoms with Crippen molar-refractivity contribution in [3.8, 4) is 5.75 Å². The molecule has 1 aliphatic rings. The van der Waals surface area contributed by atoms with Crippen LogP contribution in [-0.2, 0) is 11.8 Å². The minimum absolute atomic E-state index is 0.227. The van der Waals surface area contributed by atoms with Crippen LogP contribution in [0.5, 0.6) is 5.75 Å². The second-order valence-corrected chi connectivity index (χ2v) is 4.77. The van der Waals surface area contributed by atoms with E-state index in [2.05, 4.69) is 20.4 Å². The zero-order chi connectivity index (χ0) is 16.7. The predicted octanol–water partition coefficient (Wildman–Crippen LogP) is 1.65. The Kier molecular flexibility index (Phi) is 5.67. The molecule has 0 spiro atoms. The van der Waals surface area contributed by atoms with Gasteiger partial charge in [0, 0.05) is 38.6 Å². The van der Waals surface area contributed by atoms with Crippen molar-refractivity contribution in [2.24, 2.45) is 27.5 Å². The van der Waals surface area contributed by atoms with Gasteiger partial charge in [0.05, 0.1) is 14.2 Å². The highest BCUT2D eigenvalue weighted by Gasteiger charge is 2.12. The smallest absolute Gasteiger partial charge is 0.164 e. The first-order valence-corrected chi connectivity index (χ1v) is 6.96. The molecule has 1 aromatic rings. The van der Waals surface area contributed by atoms with E-state index in [9.17, 15) is 0 Å². The Morgan fingerprint density at radius 1 is 1.22 bits per heavy atom. The van der Waals surface area contributed by atoms with Gasteiger partial charge in [-0.2, -0.15) is 5.11 Å². The van der Waals surface area contributed by atoms with Gasteiger partial charge in [-0.25, -0.2) is 0 Å². The molecule has 0 bridgehead atoms. The Balaban J connectivity index is 2.06.